The van der Waals surface area contributed by atoms with Crippen molar-refractivity contribution in [3.63, 3.8) is 0 Å². The van der Waals surface area contributed by atoms with E-state index >= 15 is 0 Å². The molecule has 1 unspecified atom stereocenters. The molecule has 0 aliphatic rings. The highest BCUT2D eigenvalue weighted by atomic mass is 79.9. The van der Waals surface area contributed by atoms with Crippen LogP contribution in [0.2, 0.25) is 10.0 Å². The number of carbonyl (C=O) groups excluding carboxylic acids is 1. The first-order valence-electron chi connectivity index (χ1n) is 5.99. The number of halogens is 3. The normalized spacial score (nSPS) is 12.0. The number of carbonyl (C=O) groups is 1. The van der Waals surface area contributed by atoms with Crippen molar-refractivity contribution >= 4 is 45.0 Å². The molecule has 0 aromatic heterocycles. The second kappa shape index (κ2) is 6.61. The quantitative estimate of drug-likeness (QED) is 0.783. The first-order chi connectivity index (χ1) is 9.47. The van der Waals surface area contributed by atoms with Gasteiger partial charge in [0.05, 0.1) is 16.6 Å². The summed E-state index contributed by atoms with van der Waals surface area (Å²) in [5, 5.41) is 3.76. The van der Waals surface area contributed by atoms with E-state index in [0.29, 0.717) is 15.6 Å². The molecular formula is C15H12BrCl2NO. The van der Waals surface area contributed by atoms with E-state index in [1.54, 1.807) is 18.2 Å². The lowest BCUT2D eigenvalue weighted by Gasteiger charge is -2.15. The van der Waals surface area contributed by atoms with Crippen LogP contribution >= 0.6 is 39.1 Å². The van der Waals surface area contributed by atoms with Gasteiger partial charge in [-0.25, -0.2) is 0 Å². The number of amides is 1. The Labute approximate surface area is 136 Å². The molecule has 20 heavy (non-hydrogen) atoms. The minimum absolute atomic E-state index is 0.119. The fourth-order valence-electron chi connectivity index (χ4n) is 1.81. The smallest absolute Gasteiger partial charge is 0.253 e. The monoisotopic (exact) mass is 371 g/mol. The molecule has 104 valence electrons. The summed E-state index contributed by atoms with van der Waals surface area (Å²) < 4.78 is 0.973. The molecule has 0 radical (unpaired) electrons. The maximum atomic E-state index is 12.2. The van der Waals surface area contributed by atoms with Gasteiger partial charge in [0.1, 0.15) is 0 Å². The van der Waals surface area contributed by atoms with Crippen molar-refractivity contribution in [3.8, 4) is 0 Å². The van der Waals surface area contributed by atoms with Crippen molar-refractivity contribution in [2.75, 3.05) is 0 Å². The highest BCUT2D eigenvalue weighted by Gasteiger charge is 2.14. The Morgan fingerprint density at radius 3 is 2.60 bits per heavy atom. The summed E-state index contributed by atoms with van der Waals surface area (Å²) in [5.41, 5.74) is 1.43. The van der Waals surface area contributed by atoms with Gasteiger partial charge in [0.15, 0.2) is 0 Å². The van der Waals surface area contributed by atoms with E-state index in [2.05, 4.69) is 21.2 Å². The first kappa shape index (κ1) is 15.4. The topological polar surface area (TPSA) is 29.1 Å². The third-order valence-corrected chi connectivity index (χ3v) is 3.91. The molecular weight excluding hydrogens is 361 g/mol. The van der Waals surface area contributed by atoms with E-state index in [4.69, 9.17) is 23.2 Å². The summed E-state index contributed by atoms with van der Waals surface area (Å²) in [6.45, 7) is 1.92. The van der Waals surface area contributed by atoms with Crippen molar-refractivity contribution in [2.24, 2.45) is 0 Å². The lowest BCUT2D eigenvalue weighted by molar-refractivity contribution is 0.0940. The summed E-state index contributed by atoms with van der Waals surface area (Å²) in [4.78, 5) is 12.2. The molecule has 0 heterocycles. The molecule has 2 nitrogen and oxygen atoms in total. The molecule has 2 aromatic carbocycles. The Morgan fingerprint density at radius 1 is 1.20 bits per heavy atom. The molecule has 5 heteroatoms. The van der Waals surface area contributed by atoms with Crippen molar-refractivity contribution in [1.29, 1.82) is 0 Å². The maximum Gasteiger partial charge on any atom is 0.253 e. The van der Waals surface area contributed by atoms with Crippen LogP contribution in [0.4, 0.5) is 0 Å². The minimum atomic E-state index is -0.223. The van der Waals surface area contributed by atoms with Gasteiger partial charge in [-0.15, -0.1) is 0 Å². The minimum Gasteiger partial charge on any atom is -0.345 e. The van der Waals surface area contributed by atoms with E-state index in [1.807, 2.05) is 31.2 Å². The zero-order chi connectivity index (χ0) is 14.7. The molecule has 1 amide bonds. The molecule has 0 aliphatic carbocycles. The number of hydrogen-bond donors (Lipinski definition) is 1. The van der Waals surface area contributed by atoms with Crippen LogP contribution in [-0.4, -0.2) is 5.91 Å². The highest BCUT2D eigenvalue weighted by Crippen LogP contribution is 2.22. The molecule has 0 bridgehead atoms. The van der Waals surface area contributed by atoms with E-state index in [0.717, 1.165) is 10.0 Å². The van der Waals surface area contributed by atoms with Crippen molar-refractivity contribution in [3.05, 3.63) is 68.1 Å². The van der Waals surface area contributed by atoms with E-state index in [9.17, 15) is 4.79 Å². The standard InChI is InChI=1S/C15H12BrCl2NO/c1-9(10-3-2-4-11(16)7-10)19-15(20)13-6-5-12(17)8-14(13)18/h2-9H,1H3,(H,19,20). The van der Waals surface area contributed by atoms with Crippen LogP contribution < -0.4 is 5.32 Å². The zero-order valence-corrected chi connectivity index (χ0v) is 13.8. The Balaban J connectivity index is 2.15. The molecule has 0 spiro atoms. The maximum absolute atomic E-state index is 12.2. The van der Waals surface area contributed by atoms with Gasteiger partial charge in [-0.05, 0) is 42.8 Å². The highest BCUT2D eigenvalue weighted by molar-refractivity contribution is 9.10. The summed E-state index contributed by atoms with van der Waals surface area (Å²) in [6.07, 6.45) is 0. The molecule has 2 rings (SSSR count). The van der Waals surface area contributed by atoms with Gasteiger partial charge in [-0.2, -0.15) is 0 Å². The van der Waals surface area contributed by atoms with Crippen molar-refractivity contribution < 1.29 is 4.79 Å². The van der Waals surface area contributed by atoms with Crippen LogP contribution in [0.15, 0.2) is 46.9 Å². The lowest BCUT2D eigenvalue weighted by Crippen LogP contribution is -2.26. The second-order valence-corrected chi connectivity index (χ2v) is 6.13. The Bertz CT molecular complexity index is 646. The SMILES string of the molecule is CC(NC(=O)c1ccc(Cl)cc1Cl)c1cccc(Br)c1. The predicted octanol–water partition coefficient (Wildman–Crippen LogP) is 5.25. The molecule has 1 N–H and O–H groups in total. The van der Waals surface area contributed by atoms with Crippen LogP contribution in [0, 0.1) is 0 Å². The summed E-state index contributed by atoms with van der Waals surface area (Å²) in [7, 11) is 0. The van der Waals surface area contributed by atoms with Crippen LogP contribution in [0.5, 0.6) is 0 Å². The summed E-state index contributed by atoms with van der Waals surface area (Å²) in [6, 6.07) is 12.5. The van der Waals surface area contributed by atoms with Gasteiger partial charge in [-0.3, -0.25) is 4.79 Å². The van der Waals surface area contributed by atoms with Crippen molar-refractivity contribution in [2.45, 2.75) is 13.0 Å². The van der Waals surface area contributed by atoms with Gasteiger partial charge in [-0.1, -0.05) is 51.3 Å². The zero-order valence-electron chi connectivity index (χ0n) is 10.7. The Hall–Kier alpha value is -1.03. The van der Waals surface area contributed by atoms with Crippen LogP contribution in [-0.2, 0) is 0 Å². The van der Waals surface area contributed by atoms with Gasteiger partial charge in [0, 0.05) is 9.50 Å². The molecule has 0 fully saturated rings. The van der Waals surface area contributed by atoms with Gasteiger partial charge in [0.2, 0.25) is 0 Å². The second-order valence-electron chi connectivity index (χ2n) is 4.37. The molecule has 2 aromatic rings. The van der Waals surface area contributed by atoms with E-state index in [1.165, 1.54) is 0 Å². The van der Waals surface area contributed by atoms with Gasteiger partial charge in [0.25, 0.3) is 5.91 Å². The lowest BCUT2D eigenvalue weighted by atomic mass is 10.1. The molecule has 1 atom stereocenters. The Kier molecular flexibility index (Phi) is 5.08. The molecule has 0 saturated heterocycles. The first-order valence-corrected chi connectivity index (χ1v) is 7.53. The fraction of sp³-hybridized carbons (Fsp3) is 0.133. The van der Waals surface area contributed by atoms with Crippen LogP contribution in [0.25, 0.3) is 0 Å². The molecule has 0 aliphatic heterocycles. The van der Waals surface area contributed by atoms with Crippen LogP contribution in [0.1, 0.15) is 28.9 Å². The number of benzene rings is 2. The third kappa shape index (κ3) is 3.75. The fourth-order valence-corrected chi connectivity index (χ4v) is 2.72. The summed E-state index contributed by atoms with van der Waals surface area (Å²) in [5.74, 6) is -0.223. The molecule has 0 saturated carbocycles. The van der Waals surface area contributed by atoms with Crippen molar-refractivity contribution in [1.82, 2.24) is 5.32 Å². The number of hydrogen-bond acceptors (Lipinski definition) is 1. The van der Waals surface area contributed by atoms with E-state index < -0.39 is 0 Å². The number of nitrogens with one attached hydrogen (secondary N) is 1. The van der Waals surface area contributed by atoms with E-state index in [-0.39, 0.29) is 11.9 Å². The predicted molar refractivity (Wildman–Crippen MR) is 86.5 cm³/mol. The Morgan fingerprint density at radius 2 is 1.95 bits per heavy atom. The average molecular weight is 373 g/mol. The van der Waals surface area contributed by atoms with Gasteiger partial charge < -0.3 is 5.32 Å². The number of rotatable bonds is 3. The van der Waals surface area contributed by atoms with Crippen LogP contribution in [0.3, 0.4) is 0 Å². The average Bonchev–Trinajstić information content (AvgIpc) is 2.38. The largest absolute Gasteiger partial charge is 0.345 e. The summed E-state index contributed by atoms with van der Waals surface area (Å²) >= 11 is 15.3. The third-order valence-electron chi connectivity index (χ3n) is 2.87. The van der Waals surface area contributed by atoms with Gasteiger partial charge >= 0.3 is 0 Å².